The molecule has 1 fully saturated rings. The molecule has 1 N–H and O–H groups in total. The van der Waals surface area contributed by atoms with E-state index >= 15 is 0 Å². The van der Waals surface area contributed by atoms with Crippen molar-refractivity contribution in [2.75, 3.05) is 13.1 Å². The standard InChI is InChI=1S/C16H18N2O3/c1-17-9-7-12-13(5-2-6-14(12)17)15(19)18-8-3-4-11(10-18)16(20)21/h2,5-7,9,11H,3-4,8,10H2,1H3,(H,20,21)/t11-/m0/s1. The van der Waals surface area contributed by atoms with Crippen molar-refractivity contribution in [3.8, 4) is 0 Å². The fourth-order valence-electron chi connectivity index (χ4n) is 3.02. The van der Waals surface area contributed by atoms with Gasteiger partial charge in [0.15, 0.2) is 0 Å². The van der Waals surface area contributed by atoms with E-state index in [0.717, 1.165) is 17.3 Å². The number of hydrogen-bond acceptors (Lipinski definition) is 2. The fraction of sp³-hybridized carbons (Fsp3) is 0.375. The van der Waals surface area contributed by atoms with Crippen LogP contribution in [0.15, 0.2) is 30.5 Å². The molecule has 21 heavy (non-hydrogen) atoms. The van der Waals surface area contributed by atoms with Gasteiger partial charge in [0.1, 0.15) is 0 Å². The molecule has 2 aromatic rings. The van der Waals surface area contributed by atoms with Gasteiger partial charge in [-0.1, -0.05) is 6.07 Å². The summed E-state index contributed by atoms with van der Waals surface area (Å²) in [6.07, 6.45) is 3.32. The molecule has 1 saturated heterocycles. The zero-order valence-corrected chi connectivity index (χ0v) is 12.0. The number of aliphatic carboxylic acids is 1. The second kappa shape index (κ2) is 5.24. The van der Waals surface area contributed by atoms with Gasteiger partial charge in [-0.2, -0.15) is 0 Å². The van der Waals surface area contributed by atoms with Crippen LogP contribution in [0.25, 0.3) is 10.9 Å². The highest BCUT2D eigenvalue weighted by Crippen LogP contribution is 2.24. The lowest BCUT2D eigenvalue weighted by molar-refractivity contribution is -0.143. The molecule has 1 aliphatic heterocycles. The summed E-state index contributed by atoms with van der Waals surface area (Å²) < 4.78 is 1.97. The van der Waals surface area contributed by atoms with Gasteiger partial charge in [-0.15, -0.1) is 0 Å². The SMILES string of the molecule is Cn1ccc2c(C(=O)N3CCC[C@H](C(=O)O)C3)cccc21. The van der Waals surface area contributed by atoms with Crippen molar-refractivity contribution >= 4 is 22.8 Å². The molecule has 1 aromatic carbocycles. The Bertz CT molecular complexity index is 705. The van der Waals surface area contributed by atoms with Crippen molar-refractivity contribution in [2.45, 2.75) is 12.8 Å². The number of hydrogen-bond donors (Lipinski definition) is 1. The number of carboxylic acids is 1. The smallest absolute Gasteiger partial charge is 0.308 e. The van der Waals surface area contributed by atoms with Gasteiger partial charge >= 0.3 is 5.97 Å². The molecular formula is C16H18N2O3. The highest BCUT2D eigenvalue weighted by molar-refractivity contribution is 6.06. The molecule has 0 bridgehead atoms. The Morgan fingerprint density at radius 1 is 1.29 bits per heavy atom. The number of likely N-dealkylation sites (tertiary alicyclic amines) is 1. The second-order valence-electron chi connectivity index (χ2n) is 5.59. The zero-order valence-electron chi connectivity index (χ0n) is 12.0. The number of amides is 1. The van der Waals surface area contributed by atoms with Gasteiger partial charge in [-0.25, -0.2) is 0 Å². The van der Waals surface area contributed by atoms with Crippen LogP contribution in [0, 0.1) is 5.92 Å². The molecule has 1 amide bonds. The second-order valence-corrected chi connectivity index (χ2v) is 5.59. The van der Waals surface area contributed by atoms with E-state index in [-0.39, 0.29) is 5.91 Å². The molecule has 2 heterocycles. The number of carbonyl (C=O) groups is 2. The van der Waals surface area contributed by atoms with Gasteiger partial charge in [0.25, 0.3) is 5.91 Å². The number of nitrogens with zero attached hydrogens (tertiary/aromatic N) is 2. The van der Waals surface area contributed by atoms with Crippen LogP contribution in [-0.2, 0) is 11.8 Å². The maximum absolute atomic E-state index is 12.7. The van der Waals surface area contributed by atoms with Crippen molar-refractivity contribution in [2.24, 2.45) is 13.0 Å². The molecule has 0 radical (unpaired) electrons. The first-order chi connectivity index (χ1) is 10.1. The molecule has 0 spiro atoms. The Morgan fingerprint density at radius 3 is 2.86 bits per heavy atom. The van der Waals surface area contributed by atoms with Crippen LogP contribution >= 0.6 is 0 Å². The minimum atomic E-state index is -0.814. The van der Waals surface area contributed by atoms with Gasteiger partial charge in [0.05, 0.1) is 5.92 Å². The summed E-state index contributed by atoms with van der Waals surface area (Å²) in [7, 11) is 1.94. The maximum Gasteiger partial charge on any atom is 0.308 e. The average Bonchev–Trinajstić information content (AvgIpc) is 2.88. The molecular weight excluding hydrogens is 268 g/mol. The first-order valence-electron chi connectivity index (χ1n) is 7.14. The number of carbonyl (C=O) groups excluding carboxylic acids is 1. The number of fused-ring (bicyclic) bond motifs is 1. The summed E-state index contributed by atoms with van der Waals surface area (Å²) in [5.41, 5.74) is 1.66. The summed E-state index contributed by atoms with van der Waals surface area (Å²) in [6, 6.07) is 7.59. The van der Waals surface area contributed by atoms with Gasteiger partial charge in [-0.05, 0) is 31.0 Å². The predicted octanol–water partition coefficient (Wildman–Crippen LogP) is 2.12. The molecule has 5 nitrogen and oxygen atoms in total. The number of aryl methyl sites for hydroxylation is 1. The van der Waals surface area contributed by atoms with Crippen molar-refractivity contribution in [3.05, 3.63) is 36.0 Å². The summed E-state index contributed by atoms with van der Waals surface area (Å²) in [4.78, 5) is 25.5. The van der Waals surface area contributed by atoms with E-state index in [4.69, 9.17) is 5.11 Å². The van der Waals surface area contributed by atoms with Crippen LogP contribution in [0.1, 0.15) is 23.2 Å². The first-order valence-corrected chi connectivity index (χ1v) is 7.14. The van der Waals surface area contributed by atoms with E-state index in [2.05, 4.69) is 0 Å². The number of benzene rings is 1. The van der Waals surface area contributed by atoms with E-state index in [1.165, 1.54) is 0 Å². The number of rotatable bonds is 2. The average molecular weight is 286 g/mol. The Kier molecular flexibility index (Phi) is 3.41. The third-order valence-corrected chi connectivity index (χ3v) is 4.22. The first kappa shape index (κ1) is 13.7. The van der Waals surface area contributed by atoms with Gasteiger partial charge in [-0.3, -0.25) is 9.59 Å². The Morgan fingerprint density at radius 2 is 2.10 bits per heavy atom. The minimum Gasteiger partial charge on any atom is -0.481 e. The quantitative estimate of drug-likeness (QED) is 0.919. The van der Waals surface area contributed by atoms with Crippen LogP contribution in [0.4, 0.5) is 0 Å². The largest absolute Gasteiger partial charge is 0.481 e. The third-order valence-electron chi connectivity index (χ3n) is 4.22. The maximum atomic E-state index is 12.7. The molecule has 1 atom stereocenters. The summed E-state index contributed by atoms with van der Waals surface area (Å²) in [5.74, 6) is -1.33. The molecule has 1 aromatic heterocycles. The van der Waals surface area contributed by atoms with Gasteiger partial charge < -0.3 is 14.6 Å². The number of aromatic nitrogens is 1. The van der Waals surface area contributed by atoms with Crippen LogP contribution in [-0.4, -0.2) is 39.5 Å². The Labute approximate surface area is 122 Å². The van der Waals surface area contributed by atoms with Crippen molar-refractivity contribution in [1.29, 1.82) is 0 Å². The predicted molar refractivity (Wildman–Crippen MR) is 79.2 cm³/mol. The van der Waals surface area contributed by atoms with Crippen molar-refractivity contribution in [1.82, 2.24) is 9.47 Å². The van der Waals surface area contributed by atoms with E-state index in [0.29, 0.717) is 25.1 Å². The molecule has 0 aliphatic carbocycles. The molecule has 5 heteroatoms. The van der Waals surface area contributed by atoms with E-state index < -0.39 is 11.9 Å². The lowest BCUT2D eigenvalue weighted by Crippen LogP contribution is -2.42. The topological polar surface area (TPSA) is 62.5 Å². The molecule has 1 aliphatic rings. The summed E-state index contributed by atoms with van der Waals surface area (Å²) >= 11 is 0. The molecule has 3 rings (SSSR count). The number of carboxylic acid groups (broad SMARTS) is 1. The van der Waals surface area contributed by atoms with Crippen LogP contribution < -0.4 is 0 Å². The van der Waals surface area contributed by atoms with E-state index in [9.17, 15) is 9.59 Å². The normalized spacial score (nSPS) is 18.9. The lowest BCUT2D eigenvalue weighted by atomic mass is 9.97. The van der Waals surface area contributed by atoms with Crippen molar-refractivity contribution in [3.63, 3.8) is 0 Å². The van der Waals surface area contributed by atoms with Crippen LogP contribution in [0.2, 0.25) is 0 Å². The summed E-state index contributed by atoms with van der Waals surface area (Å²) in [5, 5.41) is 10.1. The monoisotopic (exact) mass is 286 g/mol. The van der Waals surface area contributed by atoms with Gasteiger partial charge in [0.2, 0.25) is 0 Å². The zero-order chi connectivity index (χ0) is 15.0. The molecule has 0 unspecified atom stereocenters. The van der Waals surface area contributed by atoms with E-state index in [1.807, 2.05) is 42.1 Å². The Balaban J connectivity index is 1.92. The van der Waals surface area contributed by atoms with Gasteiger partial charge in [0, 0.05) is 42.8 Å². The third kappa shape index (κ3) is 2.39. The molecule has 0 saturated carbocycles. The minimum absolute atomic E-state index is 0.0715. The summed E-state index contributed by atoms with van der Waals surface area (Å²) in [6.45, 7) is 0.934. The van der Waals surface area contributed by atoms with E-state index in [1.54, 1.807) is 4.90 Å². The number of piperidine rings is 1. The highest BCUT2D eigenvalue weighted by atomic mass is 16.4. The van der Waals surface area contributed by atoms with Crippen LogP contribution in [0.5, 0.6) is 0 Å². The molecule has 110 valence electrons. The fourth-order valence-corrected chi connectivity index (χ4v) is 3.02. The highest BCUT2D eigenvalue weighted by Gasteiger charge is 2.29. The lowest BCUT2D eigenvalue weighted by Gasteiger charge is -2.31. The Hall–Kier alpha value is -2.30. The van der Waals surface area contributed by atoms with Crippen LogP contribution in [0.3, 0.4) is 0 Å². The van der Waals surface area contributed by atoms with Crippen molar-refractivity contribution < 1.29 is 14.7 Å².